The van der Waals surface area contributed by atoms with Gasteiger partial charge in [-0.25, -0.2) is 0 Å². The molecule has 0 fully saturated rings. The molecule has 0 aliphatic heterocycles. The molecule has 0 atom stereocenters. The molecule has 2 nitrogen and oxygen atoms in total. The maximum Gasteiger partial charge on any atom is 0.136 e. The molecular weight excluding hydrogens is 3670 g/mol. The number of rotatable bonds is 3. The van der Waals surface area contributed by atoms with E-state index in [1.54, 1.807) is 107 Å². The number of para-hydroxylation sites is 2. The van der Waals surface area contributed by atoms with Crippen molar-refractivity contribution in [1.29, 1.82) is 0 Å². The molecule has 6 aromatic rings. The normalized spacial score (nSPS) is 9.37. The Bertz CT molecular complexity index is 10400. The Morgan fingerprint density at radius 1 is 0.184 bits per heavy atom. The topological polar surface area (TPSA) is 25.2 Å². The first-order valence-corrected chi connectivity index (χ1v) is 162. The van der Waals surface area contributed by atoms with Crippen molar-refractivity contribution in [3.8, 4) is 22.3 Å². The van der Waals surface area contributed by atoms with Crippen LogP contribution >= 0.6 is 0 Å². The van der Waals surface area contributed by atoms with Crippen LogP contribution < -0.4 is 5.32 Å². The highest BCUT2D eigenvalue weighted by Crippen LogP contribution is 2.49. The number of hydrogen-bond acceptors (Lipinski definition) is 4. The average molecular weight is 3690 g/mol. The number of benzene rings is 5. The molecule has 1 aromatic heterocycles. The van der Waals surface area contributed by atoms with E-state index in [2.05, 4.69) is 116 Å². The highest BCUT2D eigenvalue weighted by molar-refractivity contribution is 8.87. The molecule has 1 aliphatic rings. The molecule has 136 heavy (non-hydrogen) atoms. The lowest BCUT2D eigenvalue weighted by molar-refractivity contribution is 0.660. The van der Waals surface area contributed by atoms with Crippen molar-refractivity contribution < 1.29 is 4.42 Å². The average Bonchev–Trinajstić information content (AvgIpc) is 1.58. The van der Waals surface area contributed by atoms with Crippen molar-refractivity contribution in [2.24, 2.45) is 0 Å². The fourth-order valence-electron chi connectivity index (χ4n) is 6.79. The van der Waals surface area contributed by atoms with E-state index in [4.69, 9.17) is 26.8 Å². The summed E-state index contributed by atoms with van der Waals surface area (Å²) >= 11 is 9.66. The van der Waals surface area contributed by atoms with E-state index < -0.39 is 0 Å². The van der Waals surface area contributed by atoms with Gasteiger partial charge in [0, 0.05) is 935 Å². The standard InChI is InChI=1S/C33H25NO.S101/c1-33(2)28-12-6-3-10-24(28)27-20-22(16-18-29(27)33)34-30-13-7-4-9-23(30)21-15-17-26-25-11-5-8-14-31(25)35-32(26)19-21;1-3-5-7-9-11-13-15-17-19-21-23-25-27-29-31-33-35-37-39-41-43-45-47-49-51-53-55-57-59-61-63-65-67-69-71-73-75-77-79-81-83-85-87-89-91-93-95-97-99-101-100-98-96-94-92-90-88-86-84-82-80-78-76-74-72-70-68-66-64-62-60-58-56-54-52-50-48-46-44-42-40-38-36-34-32-30-28-26-24-22-20-18-16-14-12-10-8-6-4-2/h3-20,34H,1-2H3;. The van der Waals surface area contributed by atoms with Gasteiger partial charge in [-0.3, -0.25) is 0 Å². The molecule has 103 heteroatoms. The summed E-state index contributed by atoms with van der Waals surface area (Å²) in [5.74, 6) is 0. The summed E-state index contributed by atoms with van der Waals surface area (Å²) < 4.78 is 6.16. The van der Waals surface area contributed by atoms with E-state index >= 15 is 0 Å². The third-order valence-electron chi connectivity index (χ3n) is 10.2. The Balaban J connectivity index is 0.000000657. The second-order valence-electron chi connectivity index (χ2n) is 16.6. The molecule has 0 saturated heterocycles. The molecular formula is C33H25NOS101. The van der Waals surface area contributed by atoms with Gasteiger partial charge in [-0.2, -0.15) is 0 Å². The van der Waals surface area contributed by atoms with Gasteiger partial charge in [-0.1, -0.05) is 86.6 Å². The van der Waals surface area contributed by atoms with Gasteiger partial charge in [-0.05, 0) is 64.2 Å². The Labute approximate surface area is 1080 Å². The maximum atomic E-state index is 6.16. The highest BCUT2D eigenvalue weighted by atomic mass is 33.6. The molecule has 0 amide bonds. The van der Waals surface area contributed by atoms with E-state index in [-0.39, 0.29) is 5.41 Å². The third-order valence-corrected chi connectivity index (χ3v) is 228. The van der Waals surface area contributed by atoms with Crippen LogP contribution in [-0.2, 0) is 907 Å². The highest BCUT2D eigenvalue weighted by Gasteiger charge is 2.35. The predicted octanol–water partition coefficient (Wildman–Crippen LogP) is 9.06. The fourth-order valence-corrected chi connectivity index (χ4v) is 273. The fraction of sp³-hybridized carbons (Fsp3) is 0.0909. The van der Waals surface area contributed by atoms with E-state index in [1.165, 1.54) is 40.0 Å². The zero-order chi connectivity index (χ0) is 95.6. The zero-order valence-electron chi connectivity index (χ0n) is 61.0. The monoisotopic (exact) mass is 3680 g/mol. The van der Waals surface area contributed by atoms with Crippen LogP contribution in [0.5, 0.6) is 0 Å². The molecule has 774 valence electrons. The Kier molecular flexibility index (Phi) is 116. The number of fused-ring (bicyclic) bond motifs is 6. The van der Waals surface area contributed by atoms with Crippen LogP contribution in [0.15, 0.2) is 114 Å². The second-order valence-corrected chi connectivity index (χ2v) is 192. The lowest BCUT2D eigenvalue weighted by atomic mass is 9.82. The quantitative estimate of drug-likeness (QED) is 0.192. The molecule has 1 N–H and O–H groups in total. The van der Waals surface area contributed by atoms with Crippen LogP contribution in [0.3, 0.4) is 0 Å². The number of nitrogens with one attached hydrogen (secondary N) is 1. The summed E-state index contributed by atoms with van der Waals surface area (Å²) in [7, 11) is 179. The molecule has 0 spiro atoms. The zero-order valence-corrected chi connectivity index (χ0v) is 143. The van der Waals surface area contributed by atoms with Crippen molar-refractivity contribution in [2.75, 3.05) is 5.32 Å². The van der Waals surface area contributed by atoms with Crippen LogP contribution in [0.4, 0.5) is 11.4 Å². The largest absolute Gasteiger partial charge is 0.456 e. The lowest BCUT2D eigenvalue weighted by Gasteiger charge is -2.21. The molecule has 0 unspecified atom stereocenters. The molecule has 1 aliphatic carbocycles. The van der Waals surface area contributed by atoms with Gasteiger partial charge >= 0.3 is 0 Å². The molecule has 7 rings (SSSR count). The van der Waals surface area contributed by atoms with Gasteiger partial charge in [0.15, 0.2) is 0 Å². The first-order chi connectivity index (χ1) is 67.5. The Hall–Kier alpha value is 17.9. The molecule has 0 saturated carbocycles. The summed E-state index contributed by atoms with van der Waals surface area (Å²) in [5.41, 5.74) is 11.7. The minimum absolute atomic E-state index is 0.0182. The van der Waals surface area contributed by atoms with Crippen molar-refractivity contribution in [3.63, 3.8) is 0 Å². The van der Waals surface area contributed by atoms with Gasteiger partial charge in [0.1, 0.15) is 11.2 Å². The van der Waals surface area contributed by atoms with Crippen molar-refractivity contribution in [2.45, 2.75) is 19.3 Å². The molecule has 0 bridgehead atoms. The number of anilines is 2. The van der Waals surface area contributed by atoms with Crippen molar-refractivity contribution >= 4 is 935 Å². The Morgan fingerprint density at radius 2 is 0.390 bits per heavy atom. The minimum atomic E-state index is 0.0182. The SMILES string of the molecule is CC1(C)c2ccccc2-c2cc(Nc3ccccc3-c3ccc4c(c3)oc3ccccc34)ccc21.S=S=S=S=S=S=S=S=S=S=S=S=S=S=S=S=S=S=S=S=S=S=S=S=S=S=S=S=S=S=S=S=S=S=S=S=S=S=S=S=S=S=S=S=S=S=S=S=S=S=S=S=S=S=S=S=S=S=S=S=S=S=S=S=S=S=S=S=S=S=S=S=S=S=S=S=S=S=S=S=S=S=S=S=S=S=S=S=S=S=S=S=S=S=S=S=S=S=S=S=S. The third kappa shape index (κ3) is 80.8. The first-order valence-electron chi connectivity index (χ1n) is 28.8. The summed E-state index contributed by atoms with van der Waals surface area (Å²) in [5, 5.41) is 6.01. The van der Waals surface area contributed by atoms with E-state index in [0.29, 0.717) is 0 Å². The van der Waals surface area contributed by atoms with Crippen LogP contribution in [0.1, 0.15) is 25.0 Å². The lowest BCUT2D eigenvalue weighted by Crippen LogP contribution is -2.14. The molecule has 5 aromatic carbocycles. The maximum absolute atomic E-state index is 6.16. The predicted molar refractivity (Wildman–Crippen MR) is 890 cm³/mol. The van der Waals surface area contributed by atoms with Gasteiger partial charge < -0.3 is 9.73 Å². The van der Waals surface area contributed by atoms with E-state index in [0.717, 1.165) is 44.4 Å². The van der Waals surface area contributed by atoms with E-state index in [1.807, 2.05) is 767 Å². The first kappa shape index (κ1) is 143. The smallest absolute Gasteiger partial charge is 0.136 e. The second kappa shape index (κ2) is 110. The molecule has 0 radical (unpaired) electrons. The van der Waals surface area contributed by atoms with E-state index in [9.17, 15) is 0 Å². The number of furan rings is 1. The van der Waals surface area contributed by atoms with Crippen LogP contribution in [0.2, 0.25) is 0 Å². The minimum Gasteiger partial charge on any atom is -0.456 e. The summed E-state index contributed by atoms with van der Waals surface area (Å²) in [6, 6.07) is 38.7. The van der Waals surface area contributed by atoms with Gasteiger partial charge in [0.25, 0.3) is 0 Å². The Morgan fingerprint density at radius 3 is 0.647 bits per heavy atom. The van der Waals surface area contributed by atoms with Crippen LogP contribution in [0, 0.1) is 0 Å². The van der Waals surface area contributed by atoms with Crippen molar-refractivity contribution in [1.82, 2.24) is 0 Å². The van der Waals surface area contributed by atoms with Gasteiger partial charge in [0.2, 0.25) is 0 Å². The van der Waals surface area contributed by atoms with Crippen LogP contribution in [-0.4, -0.2) is 0 Å². The molecule has 1 heterocycles. The summed E-state index contributed by atoms with van der Waals surface area (Å²) in [6.07, 6.45) is 0. The van der Waals surface area contributed by atoms with Crippen molar-refractivity contribution in [3.05, 3.63) is 120 Å². The number of hydrogen-bond donors (Lipinski definition) is 1. The summed E-state index contributed by atoms with van der Waals surface area (Å²) in [6.45, 7) is 4.63. The van der Waals surface area contributed by atoms with Gasteiger partial charge in [-0.15, -0.1) is 0 Å². The van der Waals surface area contributed by atoms with Crippen LogP contribution in [0.25, 0.3) is 44.2 Å². The van der Waals surface area contributed by atoms with Gasteiger partial charge in [0.05, 0.1) is 0 Å². The summed E-state index contributed by atoms with van der Waals surface area (Å²) in [4.78, 5) is 0.